The van der Waals surface area contributed by atoms with Gasteiger partial charge in [-0.2, -0.15) is 0 Å². The molecule has 0 amide bonds. The molecule has 0 spiro atoms. The van der Waals surface area contributed by atoms with E-state index < -0.39 is 0 Å². The van der Waals surface area contributed by atoms with E-state index in [-0.39, 0.29) is 0 Å². The molecule has 148 valence electrons. The van der Waals surface area contributed by atoms with E-state index in [1.54, 1.807) is 0 Å². The van der Waals surface area contributed by atoms with E-state index in [1.807, 2.05) is 24.5 Å². The van der Waals surface area contributed by atoms with Crippen LogP contribution in [0.4, 0.5) is 17.2 Å². The van der Waals surface area contributed by atoms with Crippen LogP contribution in [0.5, 0.6) is 0 Å². The van der Waals surface area contributed by atoms with Crippen molar-refractivity contribution in [2.45, 2.75) is 6.42 Å². The summed E-state index contributed by atoms with van der Waals surface area (Å²) in [6.07, 6.45) is 4.98. The van der Waals surface area contributed by atoms with Gasteiger partial charge in [0.2, 0.25) is 0 Å². The lowest BCUT2D eigenvalue weighted by molar-refractivity contribution is 0.360. The maximum Gasteiger partial charge on any atom is 0.180 e. The molecule has 29 heavy (non-hydrogen) atoms. The second kappa shape index (κ2) is 7.65. The largest absolute Gasteiger partial charge is 0.370 e. The molecule has 2 aromatic carbocycles. The Labute approximate surface area is 178 Å². The Balaban J connectivity index is 1.43. The van der Waals surface area contributed by atoms with E-state index in [2.05, 4.69) is 77.8 Å². The van der Waals surface area contributed by atoms with Crippen molar-refractivity contribution in [1.29, 1.82) is 0 Å². The van der Waals surface area contributed by atoms with Crippen LogP contribution in [-0.2, 0) is 0 Å². The molecular weight excluding hydrogens is 428 g/mol. The molecule has 0 unspecified atom stereocenters. The van der Waals surface area contributed by atoms with Crippen molar-refractivity contribution in [3.8, 4) is 0 Å². The molecule has 2 aromatic heterocycles. The number of likely N-dealkylation sites (N-methyl/N-ethyl adjacent to an activating group) is 1. The van der Waals surface area contributed by atoms with Gasteiger partial charge >= 0.3 is 0 Å². The van der Waals surface area contributed by atoms with Crippen molar-refractivity contribution in [1.82, 2.24) is 19.3 Å². The van der Waals surface area contributed by atoms with E-state index in [9.17, 15) is 0 Å². The Hall–Kier alpha value is -2.64. The van der Waals surface area contributed by atoms with Crippen LogP contribution in [-0.4, -0.2) is 52.5 Å². The highest BCUT2D eigenvalue weighted by molar-refractivity contribution is 9.10. The van der Waals surface area contributed by atoms with E-state index >= 15 is 0 Å². The highest BCUT2D eigenvalue weighted by atomic mass is 79.9. The number of imidazole rings is 1. The normalized spacial score (nSPS) is 15.7. The first-order valence-electron chi connectivity index (χ1n) is 9.90. The lowest BCUT2D eigenvalue weighted by Gasteiger charge is -2.23. The highest BCUT2D eigenvalue weighted by Crippen LogP contribution is 2.27. The van der Waals surface area contributed by atoms with Crippen molar-refractivity contribution >= 4 is 49.8 Å². The van der Waals surface area contributed by atoms with Crippen LogP contribution in [0.2, 0.25) is 0 Å². The number of hydrogen-bond donors (Lipinski definition) is 1. The smallest absolute Gasteiger partial charge is 0.180 e. The minimum absolute atomic E-state index is 0.758. The molecule has 5 rings (SSSR count). The standard InChI is InChI=1S/C22H23BrN6/c1-27-10-2-11-28(14-13-27)18-6-4-17(5-7-18)25-21-22-24-9-12-29(22)20-15-16(23)3-8-19(20)26-21/h3-9,12,15H,2,10-11,13-14H2,1H3,(H,25,26). The zero-order valence-electron chi connectivity index (χ0n) is 16.3. The fourth-order valence-corrected chi connectivity index (χ4v) is 4.26. The van der Waals surface area contributed by atoms with E-state index in [0.717, 1.165) is 52.3 Å². The number of halogens is 1. The van der Waals surface area contributed by atoms with Gasteiger partial charge in [0.05, 0.1) is 11.0 Å². The number of nitrogens with zero attached hydrogens (tertiary/aromatic N) is 5. The Bertz CT molecular complexity index is 1150. The monoisotopic (exact) mass is 450 g/mol. The summed E-state index contributed by atoms with van der Waals surface area (Å²) < 4.78 is 3.09. The van der Waals surface area contributed by atoms with E-state index in [0.29, 0.717) is 0 Å². The molecule has 4 aromatic rings. The topological polar surface area (TPSA) is 48.7 Å². The van der Waals surface area contributed by atoms with Gasteiger partial charge in [0.1, 0.15) is 0 Å². The molecule has 7 heteroatoms. The van der Waals surface area contributed by atoms with Gasteiger partial charge in [-0.05, 0) is 62.5 Å². The number of anilines is 3. The zero-order chi connectivity index (χ0) is 19.8. The number of hydrogen-bond acceptors (Lipinski definition) is 5. The molecule has 0 saturated carbocycles. The van der Waals surface area contributed by atoms with Crippen molar-refractivity contribution < 1.29 is 0 Å². The van der Waals surface area contributed by atoms with Crippen molar-refractivity contribution in [2.24, 2.45) is 0 Å². The molecule has 1 saturated heterocycles. The third-order valence-corrected chi connectivity index (χ3v) is 5.99. The first-order chi connectivity index (χ1) is 14.2. The summed E-state index contributed by atoms with van der Waals surface area (Å²) in [7, 11) is 2.20. The highest BCUT2D eigenvalue weighted by Gasteiger charge is 2.13. The molecule has 1 fully saturated rings. The summed E-state index contributed by atoms with van der Waals surface area (Å²) in [5, 5.41) is 3.46. The number of aromatic nitrogens is 3. The predicted molar refractivity (Wildman–Crippen MR) is 122 cm³/mol. The van der Waals surface area contributed by atoms with Gasteiger partial charge in [-0.3, -0.25) is 4.40 Å². The molecule has 3 heterocycles. The predicted octanol–water partition coefficient (Wildman–Crippen LogP) is 4.53. The summed E-state index contributed by atoms with van der Waals surface area (Å²) in [4.78, 5) is 14.2. The van der Waals surface area contributed by atoms with Crippen LogP contribution in [0.15, 0.2) is 59.3 Å². The third kappa shape index (κ3) is 3.68. The Morgan fingerprint density at radius 3 is 2.72 bits per heavy atom. The Kier molecular flexibility index (Phi) is 4.85. The lowest BCUT2D eigenvalue weighted by Crippen LogP contribution is -2.28. The number of rotatable bonds is 3. The van der Waals surface area contributed by atoms with Gasteiger partial charge in [-0.15, -0.1) is 0 Å². The van der Waals surface area contributed by atoms with Crippen molar-refractivity contribution in [3.63, 3.8) is 0 Å². The fraction of sp³-hybridized carbons (Fsp3) is 0.273. The lowest BCUT2D eigenvalue weighted by atomic mass is 10.2. The molecule has 0 radical (unpaired) electrons. The van der Waals surface area contributed by atoms with Crippen LogP contribution in [0.3, 0.4) is 0 Å². The Morgan fingerprint density at radius 1 is 1.00 bits per heavy atom. The first-order valence-corrected chi connectivity index (χ1v) is 10.7. The maximum atomic E-state index is 4.81. The van der Waals surface area contributed by atoms with Crippen molar-refractivity contribution in [3.05, 3.63) is 59.3 Å². The summed E-state index contributed by atoms with van der Waals surface area (Å²) in [6, 6.07) is 14.7. The number of fused-ring (bicyclic) bond motifs is 3. The van der Waals surface area contributed by atoms with Gasteiger partial charge in [0, 0.05) is 47.9 Å². The summed E-state index contributed by atoms with van der Waals surface area (Å²) >= 11 is 3.54. The third-order valence-electron chi connectivity index (χ3n) is 5.50. The summed E-state index contributed by atoms with van der Waals surface area (Å²) in [5.74, 6) is 0.758. The average molecular weight is 451 g/mol. The van der Waals surface area contributed by atoms with E-state index in [4.69, 9.17) is 4.98 Å². The average Bonchev–Trinajstić information content (AvgIpc) is 3.13. The van der Waals surface area contributed by atoms with Gasteiger partial charge in [0.15, 0.2) is 11.5 Å². The molecule has 1 aliphatic heterocycles. The second-order valence-electron chi connectivity index (χ2n) is 7.53. The molecule has 0 atom stereocenters. The maximum absolute atomic E-state index is 4.81. The molecule has 1 aliphatic rings. The van der Waals surface area contributed by atoms with Crippen LogP contribution >= 0.6 is 15.9 Å². The molecule has 0 bridgehead atoms. The quantitative estimate of drug-likeness (QED) is 0.496. The molecule has 6 nitrogen and oxygen atoms in total. The Morgan fingerprint density at radius 2 is 1.86 bits per heavy atom. The van der Waals surface area contributed by atoms with Crippen LogP contribution in [0, 0.1) is 0 Å². The van der Waals surface area contributed by atoms with Crippen molar-refractivity contribution in [2.75, 3.05) is 43.4 Å². The minimum atomic E-state index is 0.758. The van der Waals surface area contributed by atoms with Gasteiger partial charge in [0.25, 0.3) is 0 Å². The first kappa shape index (κ1) is 18.4. The molecule has 0 aliphatic carbocycles. The minimum Gasteiger partial charge on any atom is -0.370 e. The van der Waals surface area contributed by atoms with E-state index in [1.165, 1.54) is 18.7 Å². The summed E-state index contributed by atoms with van der Waals surface area (Å²) in [6.45, 7) is 4.45. The number of benzene rings is 2. The summed E-state index contributed by atoms with van der Waals surface area (Å²) in [5.41, 5.74) is 5.04. The fourth-order valence-electron chi connectivity index (χ4n) is 3.91. The van der Waals surface area contributed by atoms with Gasteiger partial charge in [-0.25, -0.2) is 9.97 Å². The van der Waals surface area contributed by atoms with Crippen LogP contribution < -0.4 is 10.2 Å². The molecule has 1 N–H and O–H groups in total. The van der Waals surface area contributed by atoms with Gasteiger partial charge in [-0.1, -0.05) is 15.9 Å². The number of nitrogens with one attached hydrogen (secondary N) is 1. The van der Waals surface area contributed by atoms with Crippen LogP contribution in [0.1, 0.15) is 6.42 Å². The zero-order valence-corrected chi connectivity index (χ0v) is 17.9. The van der Waals surface area contributed by atoms with Crippen LogP contribution in [0.25, 0.3) is 16.7 Å². The second-order valence-corrected chi connectivity index (χ2v) is 8.45. The SMILES string of the molecule is CN1CCCN(c2ccc(Nc3nc4ccc(Br)cc4n4ccnc34)cc2)CC1. The molecular formula is C22H23BrN6. The van der Waals surface area contributed by atoms with Gasteiger partial charge < -0.3 is 15.1 Å².